The van der Waals surface area contributed by atoms with Gasteiger partial charge in [0.1, 0.15) is 5.82 Å². The molecule has 1 fully saturated rings. The molecule has 1 saturated heterocycles. The normalized spacial score (nSPS) is 19.5. The molecule has 0 radical (unpaired) electrons. The number of aromatic nitrogens is 3. The minimum absolute atomic E-state index is 0.0606. The van der Waals surface area contributed by atoms with Crippen molar-refractivity contribution >= 4 is 5.91 Å². The van der Waals surface area contributed by atoms with E-state index in [1.54, 1.807) is 6.20 Å². The maximum absolute atomic E-state index is 13.3. The number of carbonyl (C=O) groups is 1. The molecule has 30 heavy (non-hydrogen) atoms. The third kappa shape index (κ3) is 3.75. The van der Waals surface area contributed by atoms with Crippen LogP contribution < -0.4 is 0 Å². The SMILES string of the molecule is O=C(C1CCOCC1)N1Cc2ccccc2[C@@H](c2nccn2Cc2cccnc2)C1. The van der Waals surface area contributed by atoms with Gasteiger partial charge >= 0.3 is 0 Å². The Morgan fingerprint density at radius 1 is 1.10 bits per heavy atom. The summed E-state index contributed by atoms with van der Waals surface area (Å²) in [7, 11) is 0. The number of hydrogen-bond donors (Lipinski definition) is 0. The smallest absolute Gasteiger partial charge is 0.226 e. The third-order valence-corrected chi connectivity index (χ3v) is 6.21. The Bertz CT molecular complexity index is 1010. The molecule has 0 saturated carbocycles. The van der Waals surface area contributed by atoms with Gasteiger partial charge in [0, 0.05) is 57.0 Å². The van der Waals surface area contributed by atoms with Crippen LogP contribution in [0.1, 0.15) is 41.3 Å². The van der Waals surface area contributed by atoms with E-state index in [0.29, 0.717) is 26.3 Å². The quantitative estimate of drug-likeness (QED) is 0.672. The average Bonchev–Trinajstić information content (AvgIpc) is 3.27. The Morgan fingerprint density at radius 2 is 1.97 bits per heavy atom. The molecule has 1 aromatic carbocycles. The lowest BCUT2D eigenvalue weighted by Crippen LogP contribution is -2.43. The molecule has 6 nitrogen and oxygen atoms in total. The number of rotatable bonds is 4. The van der Waals surface area contributed by atoms with Crippen LogP contribution in [-0.2, 0) is 22.6 Å². The summed E-state index contributed by atoms with van der Waals surface area (Å²) in [6.45, 7) is 3.42. The summed E-state index contributed by atoms with van der Waals surface area (Å²) in [4.78, 5) is 24.3. The van der Waals surface area contributed by atoms with Gasteiger partial charge < -0.3 is 14.2 Å². The summed E-state index contributed by atoms with van der Waals surface area (Å²) in [6.07, 6.45) is 9.18. The lowest BCUT2D eigenvalue weighted by molar-refractivity contribution is -0.139. The molecule has 4 heterocycles. The van der Waals surface area contributed by atoms with Gasteiger partial charge in [-0.15, -0.1) is 0 Å². The zero-order chi connectivity index (χ0) is 20.3. The fourth-order valence-corrected chi connectivity index (χ4v) is 4.65. The fourth-order valence-electron chi connectivity index (χ4n) is 4.65. The monoisotopic (exact) mass is 402 g/mol. The van der Waals surface area contributed by atoms with Crippen molar-refractivity contribution in [3.05, 3.63) is 83.7 Å². The summed E-state index contributed by atoms with van der Waals surface area (Å²) in [6, 6.07) is 12.5. The maximum atomic E-state index is 13.3. The Morgan fingerprint density at radius 3 is 2.80 bits per heavy atom. The van der Waals surface area contributed by atoms with Crippen molar-refractivity contribution in [3.63, 3.8) is 0 Å². The number of carbonyl (C=O) groups excluding carboxylic acids is 1. The van der Waals surface area contributed by atoms with Gasteiger partial charge in [0.15, 0.2) is 0 Å². The summed E-state index contributed by atoms with van der Waals surface area (Å²) in [5.74, 6) is 1.38. The highest BCUT2D eigenvalue weighted by Crippen LogP contribution is 2.34. The molecular formula is C24H26N4O2. The Hall–Kier alpha value is -2.99. The minimum atomic E-state index is 0.0606. The first-order valence-corrected chi connectivity index (χ1v) is 10.6. The lowest BCUT2D eigenvalue weighted by Gasteiger charge is -2.37. The van der Waals surface area contributed by atoms with Gasteiger partial charge in [-0.3, -0.25) is 9.78 Å². The number of imidazole rings is 1. The van der Waals surface area contributed by atoms with E-state index in [2.05, 4.69) is 39.9 Å². The van der Waals surface area contributed by atoms with Crippen molar-refractivity contribution in [1.82, 2.24) is 19.4 Å². The van der Waals surface area contributed by atoms with Gasteiger partial charge in [-0.25, -0.2) is 4.98 Å². The van der Waals surface area contributed by atoms with Crippen LogP contribution in [0.3, 0.4) is 0 Å². The number of fused-ring (bicyclic) bond motifs is 1. The summed E-state index contributed by atoms with van der Waals surface area (Å²) in [5, 5.41) is 0. The number of pyridine rings is 1. The standard InChI is InChI=1S/C24H26N4O2/c29-24(19-7-12-30-13-8-19)28-16-20-5-1-2-6-21(20)22(17-28)23-26-10-11-27(23)15-18-4-3-9-25-14-18/h1-6,9-11,14,19,22H,7-8,12-13,15-17H2/t22-/m0/s1. The zero-order valence-corrected chi connectivity index (χ0v) is 17.0. The molecule has 1 atom stereocenters. The van der Waals surface area contributed by atoms with Gasteiger partial charge in [-0.1, -0.05) is 30.3 Å². The van der Waals surface area contributed by atoms with Crippen LogP contribution in [0, 0.1) is 5.92 Å². The van der Waals surface area contributed by atoms with E-state index in [0.717, 1.165) is 30.8 Å². The van der Waals surface area contributed by atoms with Gasteiger partial charge in [0.2, 0.25) is 5.91 Å². The lowest BCUT2D eigenvalue weighted by atomic mass is 9.87. The number of nitrogens with zero attached hydrogens (tertiary/aromatic N) is 4. The van der Waals surface area contributed by atoms with Gasteiger partial charge in [-0.2, -0.15) is 0 Å². The van der Waals surface area contributed by atoms with Crippen molar-refractivity contribution in [1.29, 1.82) is 0 Å². The summed E-state index contributed by atoms with van der Waals surface area (Å²) < 4.78 is 7.64. The van der Waals surface area contributed by atoms with Crippen molar-refractivity contribution in [2.45, 2.75) is 31.8 Å². The van der Waals surface area contributed by atoms with Gasteiger partial charge in [0.05, 0.1) is 12.5 Å². The van der Waals surface area contributed by atoms with E-state index in [9.17, 15) is 4.79 Å². The summed E-state index contributed by atoms with van der Waals surface area (Å²) >= 11 is 0. The second kappa shape index (κ2) is 8.40. The molecule has 5 rings (SSSR count). The first kappa shape index (κ1) is 19.0. The van der Waals surface area contributed by atoms with Crippen LogP contribution in [0.15, 0.2) is 61.2 Å². The molecule has 2 aromatic heterocycles. The molecule has 2 aliphatic heterocycles. The Balaban J connectivity index is 1.45. The first-order valence-electron chi connectivity index (χ1n) is 10.6. The second-order valence-corrected chi connectivity index (χ2v) is 8.13. The highest BCUT2D eigenvalue weighted by atomic mass is 16.5. The second-order valence-electron chi connectivity index (χ2n) is 8.13. The fraction of sp³-hybridized carbons (Fsp3) is 0.375. The molecule has 2 aliphatic rings. The van der Waals surface area contributed by atoms with Gasteiger partial charge in [-0.05, 0) is 35.6 Å². The average molecular weight is 402 g/mol. The molecule has 0 N–H and O–H groups in total. The minimum Gasteiger partial charge on any atom is -0.381 e. The predicted molar refractivity (Wildman–Crippen MR) is 113 cm³/mol. The largest absolute Gasteiger partial charge is 0.381 e. The molecule has 0 aliphatic carbocycles. The number of benzene rings is 1. The number of amides is 1. The van der Waals surface area contributed by atoms with E-state index in [-0.39, 0.29) is 17.7 Å². The van der Waals surface area contributed by atoms with E-state index in [4.69, 9.17) is 9.72 Å². The van der Waals surface area contributed by atoms with Crippen LogP contribution in [0.2, 0.25) is 0 Å². The molecule has 1 amide bonds. The van der Waals surface area contributed by atoms with E-state index < -0.39 is 0 Å². The van der Waals surface area contributed by atoms with Crippen molar-refractivity contribution < 1.29 is 9.53 Å². The predicted octanol–water partition coefficient (Wildman–Crippen LogP) is 3.23. The van der Waals surface area contributed by atoms with E-state index in [1.165, 1.54) is 11.1 Å². The molecule has 0 bridgehead atoms. The van der Waals surface area contributed by atoms with Crippen LogP contribution >= 0.6 is 0 Å². The third-order valence-electron chi connectivity index (χ3n) is 6.21. The molecule has 0 unspecified atom stereocenters. The molecule has 6 heteroatoms. The first-order chi connectivity index (χ1) is 14.8. The maximum Gasteiger partial charge on any atom is 0.226 e. The van der Waals surface area contributed by atoms with Crippen molar-refractivity contribution in [2.24, 2.45) is 5.92 Å². The zero-order valence-electron chi connectivity index (χ0n) is 17.0. The van der Waals surface area contributed by atoms with Crippen LogP contribution in [0.4, 0.5) is 0 Å². The molecule has 3 aromatic rings. The molecular weight excluding hydrogens is 376 g/mol. The van der Waals surface area contributed by atoms with Crippen molar-refractivity contribution in [2.75, 3.05) is 19.8 Å². The number of ether oxygens (including phenoxy) is 1. The Labute approximate surface area is 176 Å². The van der Waals surface area contributed by atoms with Crippen LogP contribution in [0.5, 0.6) is 0 Å². The Kier molecular flexibility index (Phi) is 5.32. The van der Waals surface area contributed by atoms with E-state index >= 15 is 0 Å². The van der Waals surface area contributed by atoms with E-state index in [1.807, 2.05) is 29.6 Å². The van der Waals surface area contributed by atoms with Crippen LogP contribution in [0.25, 0.3) is 0 Å². The molecule has 0 spiro atoms. The highest BCUT2D eigenvalue weighted by Gasteiger charge is 2.34. The number of hydrogen-bond acceptors (Lipinski definition) is 4. The summed E-state index contributed by atoms with van der Waals surface area (Å²) in [5.41, 5.74) is 3.62. The van der Waals surface area contributed by atoms with Crippen LogP contribution in [-0.4, -0.2) is 45.1 Å². The highest BCUT2D eigenvalue weighted by molar-refractivity contribution is 5.79. The molecule has 154 valence electrons. The topological polar surface area (TPSA) is 60.2 Å². The van der Waals surface area contributed by atoms with Gasteiger partial charge in [0.25, 0.3) is 0 Å². The van der Waals surface area contributed by atoms with Crippen molar-refractivity contribution in [3.8, 4) is 0 Å².